The molecule has 10 heavy (non-hydrogen) atoms. The molecule has 2 unspecified atom stereocenters. The number of aliphatic hydroxyl groups is 2. The lowest BCUT2D eigenvalue weighted by Gasteiger charge is -2.12. The molecule has 1 radical (unpaired) electrons. The number of hydrogen-bond donors (Lipinski definition) is 2. The minimum Gasteiger partial charge on any atom is -0.393 e. The Morgan fingerprint density at radius 1 is 1.40 bits per heavy atom. The minimum absolute atomic E-state index is 0.337. The molecule has 0 rings (SSSR count). The predicted molar refractivity (Wildman–Crippen MR) is 41.5 cm³/mol. The first-order valence-electron chi connectivity index (χ1n) is 3.86. The molecule has 2 N–H and O–H groups in total. The van der Waals surface area contributed by atoms with Crippen molar-refractivity contribution in [2.45, 2.75) is 45.3 Å². The van der Waals surface area contributed by atoms with E-state index in [9.17, 15) is 5.11 Å². The third-order valence-electron chi connectivity index (χ3n) is 1.52. The van der Waals surface area contributed by atoms with Gasteiger partial charge >= 0.3 is 0 Å². The summed E-state index contributed by atoms with van der Waals surface area (Å²) in [6, 6.07) is 0. The van der Waals surface area contributed by atoms with Gasteiger partial charge in [-0.2, -0.15) is 0 Å². The predicted octanol–water partition coefficient (Wildman–Crippen LogP) is 1.12. The van der Waals surface area contributed by atoms with Crippen LogP contribution in [0.4, 0.5) is 0 Å². The SMILES string of the molecule is C[CH]C(O)CC(O)CCC. The zero-order chi connectivity index (χ0) is 7.98. The van der Waals surface area contributed by atoms with E-state index in [0.717, 1.165) is 12.8 Å². The Kier molecular flexibility index (Phi) is 5.64. The van der Waals surface area contributed by atoms with Crippen LogP contribution in [0, 0.1) is 6.42 Å². The summed E-state index contributed by atoms with van der Waals surface area (Å²) in [5, 5.41) is 18.2. The lowest BCUT2D eigenvalue weighted by Crippen LogP contribution is -2.16. The first-order valence-corrected chi connectivity index (χ1v) is 3.86. The van der Waals surface area contributed by atoms with Crippen LogP contribution in [-0.2, 0) is 0 Å². The molecule has 2 heteroatoms. The first kappa shape index (κ1) is 9.92. The van der Waals surface area contributed by atoms with Crippen LogP contribution in [0.5, 0.6) is 0 Å². The van der Waals surface area contributed by atoms with Crippen LogP contribution in [-0.4, -0.2) is 22.4 Å². The third-order valence-corrected chi connectivity index (χ3v) is 1.52. The fourth-order valence-electron chi connectivity index (χ4n) is 0.866. The summed E-state index contributed by atoms with van der Waals surface area (Å²) in [7, 11) is 0. The Bertz CT molecular complexity index is 73.7. The molecule has 0 saturated carbocycles. The Morgan fingerprint density at radius 3 is 2.40 bits per heavy atom. The summed E-state index contributed by atoms with van der Waals surface area (Å²) in [6.07, 6.45) is 3.14. The molecule has 61 valence electrons. The summed E-state index contributed by atoms with van der Waals surface area (Å²) >= 11 is 0. The van der Waals surface area contributed by atoms with Crippen molar-refractivity contribution >= 4 is 0 Å². The van der Waals surface area contributed by atoms with Crippen molar-refractivity contribution in [3.8, 4) is 0 Å². The van der Waals surface area contributed by atoms with Gasteiger partial charge in [0.25, 0.3) is 0 Å². The maximum Gasteiger partial charge on any atom is 0.0593 e. The van der Waals surface area contributed by atoms with E-state index in [1.165, 1.54) is 0 Å². The number of hydrogen-bond acceptors (Lipinski definition) is 2. The molecule has 2 nitrogen and oxygen atoms in total. The second-order valence-corrected chi connectivity index (χ2v) is 2.58. The van der Waals surface area contributed by atoms with Gasteiger partial charge in [-0.3, -0.25) is 0 Å². The summed E-state index contributed by atoms with van der Waals surface area (Å²) in [6.45, 7) is 3.81. The van der Waals surface area contributed by atoms with E-state index in [4.69, 9.17) is 5.11 Å². The molecular formula is C8H17O2. The van der Waals surface area contributed by atoms with Gasteiger partial charge in [0.15, 0.2) is 0 Å². The van der Waals surface area contributed by atoms with Gasteiger partial charge in [-0.25, -0.2) is 0 Å². The van der Waals surface area contributed by atoms with E-state index >= 15 is 0 Å². The standard InChI is InChI=1S/C8H17O2/c1-3-5-8(10)6-7(9)4-2/h4,7-10H,3,5-6H2,1-2H3. The topological polar surface area (TPSA) is 40.5 Å². The van der Waals surface area contributed by atoms with Gasteiger partial charge in [0.2, 0.25) is 0 Å². The van der Waals surface area contributed by atoms with Crippen molar-refractivity contribution in [1.82, 2.24) is 0 Å². The molecule has 0 aromatic rings. The largest absolute Gasteiger partial charge is 0.393 e. The molecule has 0 fully saturated rings. The van der Waals surface area contributed by atoms with Crippen LogP contribution in [0.2, 0.25) is 0 Å². The van der Waals surface area contributed by atoms with Crippen LogP contribution < -0.4 is 0 Å². The monoisotopic (exact) mass is 145 g/mol. The summed E-state index contributed by atoms with van der Waals surface area (Å²) in [4.78, 5) is 0. The van der Waals surface area contributed by atoms with E-state index in [2.05, 4.69) is 0 Å². The van der Waals surface area contributed by atoms with Gasteiger partial charge in [-0.15, -0.1) is 0 Å². The van der Waals surface area contributed by atoms with Gasteiger partial charge in [0.05, 0.1) is 12.2 Å². The zero-order valence-corrected chi connectivity index (χ0v) is 6.75. The Labute approximate surface area is 62.9 Å². The third kappa shape index (κ3) is 4.77. The minimum atomic E-state index is -0.443. The molecule has 0 aliphatic rings. The van der Waals surface area contributed by atoms with Crippen molar-refractivity contribution in [2.24, 2.45) is 0 Å². The highest BCUT2D eigenvalue weighted by atomic mass is 16.3. The highest BCUT2D eigenvalue weighted by Gasteiger charge is 2.08. The lowest BCUT2D eigenvalue weighted by molar-refractivity contribution is 0.0907. The van der Waals surface area contributed by atoms with Crippen molar-refractivity contribution in [3.63, 3.8) is 0 Å². The highest BCUT2D eigenvalue weighted by Crippen LogP contribution is 2.05. The lowest BCUT2D eigenvalue weighted by atomic mass is 10.1. The Morgan fingerprint density at radius 2 is 2.00 bits per heavy atom. The van der Waals surface area contributed by atoms with Crippen molar-refractivity contribution < 1.29 is 10.2 Å². The molecule has 0 aromatic carbocycles. The van der Waals surface area contributed by atoms with E-state index in [-0.39, 0.29) is 6.10 Å². The smallest absolute Gasteiger partial charge is 0.0593 e. The zero-order valence-electron chi connectivity index (χ0n) is 6.75. The fourth-order valence-corrected chi connectivity index (χ4v) is 0.866. The molecule has 0 spiro atoms. The second kappa shape index (κ2) is 5.69. The van der Waals surface area contributed by atoms with E-state index in [1.807, 2.05) is 6.92 Å². The summed E-state index contributed by atoms with van der Waals surface area (Å²) in [5.41, 5.74) is 0. The Balaban J connectivity index is 3.27. The number of aliphatic hydroxyl groups excluding tert-OH is 2. The van der Waals surface area contributed by atoms with Crippen LogP contribution in [0.1, 0.15) is 33.1 Å². The van der Waals surface area contributed by atoms with E-state index in [1.54, 1.807) is 13.3 Å². The maximum absolute atomic E-state index is 9.17. The number of rotatable bonds is 5. The quantitative estimate of drug-likeness (QED) is 0.608. The van der Waals surface area contributed by atoms with E-state index in [0.29, 0.717) is 6.42 Å². The van der Waals surface area contributed by atoms with Crippen LogP contribution in [0.25, 0.3) is 0 Å². The maximum atomic E-state index is 9.17. The van der Waals surface area contributed by atoms with Crippen molar-refractivity contribution in [3.05, 3.63) is 6.42 Å². The van der Waals surface area contributed by atoms with Gasteiger partial charge in [-0.05, 0) is 19.3 Å². The van der Waals surface area contributed by atoms with Crippen LogP contribution >= 0.6 is 0 Å². The molecule has 0 bridgehead atoms. The molecule has 0 aliphatic carbocycles. The fraction of sp³-hybridized carbons (Fsp3) is 0.875. The molecule has 0 heterocycles. The second-order valence-electron chi connectivity index (χ2n) is 2.58. The average molecular weight is 145 g/mol. The van der Waals surface area contributed by atoms with Gasteiger partial charge in [-0.1, -0.05) is 20.3 Å². The van der Waals surface area contributed by atoms with Gasteiger partial charge in [0, 0.05) is 0 Å². The molecule has 0 amide bonds. The molecule has 0 aromatic heterocycles. The van der Waals surface area contributed by atoms with Crippen molar-refractivity contribution in [1.29, 1.82) is 0 Å². The first-order chi connectivity index (χ1) is 4.70. The van der Waals surface area contributed by atoms with Gasteiger partial charge < -0.3 is 10.2 Å². The van der Waals surface area contributed by atoms with Crippen LogP contribution in [0.3, 0.4) is 0 Å². The summed E-state index contributed by atoms with van der Waals surface area (Å²) in [5.74, 6) is 0. The van der Waals surface area contributed by atoms with Gasteiger partial charge in [0.1, 0.15) is 0 Å². The average Bonchev–Trinajstić information content (AvgIpc) is 1.88. The normalized spacial score (nSPS) is 16.8. The van der Waals surface area contributed by atoms with E-state index < -0.39 is 6.10 Å². The van der Waals surface area contributed by atoms with Crippen LogP contribution in [0.15, 0.2) is 0 Å². The highest BCUT2D eigenvalue weighted by molar-refractivity contribution is 4.72. The Hall–Kier alpha value is -0.0800. The molecular weight excluding hydrogens is 128 g/mol. The molecule has 2 atom stereocenters. The van der Waals surface area contributed by atoms with Crippen molar-refractivity contribution in [2.75, 3.05) is 0 Å². The molecule has 0 aliphatic heterocycles. The molecule has 0 saturated heterocycles. The summed E-state index contributed by atoms with van der Waals surface area (Å²) < 4.78 is 0.